The molecule has 1 saturated heterocycles. The monoisotopic (exact) mass is 162 g/mol. The molecule has 5 nitrogen and oxygen atoms in total. The maximum absolute atomic E-state index is 10.8. The first kappa shape index (κ1) is 8.89. The number of hydrogen-bond acceptors (Lipinski definition) is 4. The van der Waals surface area contributed by atoms with Gasteiger partial charge >= 0.3 is 0 Å². The quantitative estimate of drug-likeness (QED) is 0.392. The zero-order valence-electron chi connectivity index (χ0n) is 6.18. The maximum atomic E-state index is 10.8. The molecule has 1 radical (unpaired) electrons. The van der Waals surface area contributed by atoms with E-state index in [2.05, 4.69) is 0 Å². The molecule has 1 rings (SSSR count). The van der Waals surface area contributed by atoms with Gasteiger partial charge in [0, 0.05) is 0 Å². The molecule has 1 fully saturated rings. The second kappa shape index (κ2) is 3.04. The molecule has 0 amide bonds. The fourth-order valence-corrected chi connectivity index (χ4v) is 1.05. The maximum Gasteiger partial charge on any atom is 0.209 e. The molecule has 0 aromatic carbocycles. The van der Waals surface area contributed by atoms with Crippen molar-refractivity contribution in [1.29, 1.82) is 0 Å². The topological polar surface area (TPSA) is 95.6 Å². The number of ether oxygens (including phenoxy) is 1. The largest absolute Gasteiger partial charge is 0.388 e. The summed E-state index contributed by atoms with van der Waals surface area (Å²) in [6.45, 7) is 1.52. The third-order valence-corrected chi connectivity index (χ3v) is 1.89. The average molecular weight is 162 g/mol. The molecule has 1 aliphatic heterocycles. The summed E-state index contributed by atoms with van der Waals surface area (Å²) < 4.78 is 4.69. The Kier molecular flexibility index (Phi) is 2.46. The van der Waals surface area contributed by atoms with E-state index >= 15 is 0 Å². The van der Waals surface area contributed by atoms with Crippen LogP contribution >= 0.6 is 0 Å². The van der Waals surface area contributed by atoms with E-state index in [9.17, 15) is 5.11 Å². The molecule has 5 heteroatoms. The van der Waals surface area contributed by atoms with Crippen LogP contribution in [0.2, 0.25) is 0 Å². The predicted molar refractivity (Wildman–Crippen MR) is 35.0 cm³/mol. The lowest BCUT2D eigenvalue weighted by Gasteiger charge is -2.36. The van der Waals surface area contributed by atoms with E-state index < -0.39 is 30.6 Å². The summed E-state index contributed by atoms with van der Waals surface area (Å²) in [5.41, 5.74) is 5.23. The Morgan fingerprint density at radius 3 is 2.45 bits per heavy atom. The molecule has 0 aromatic heterocycles. The molecule has 65 valence electrons. The Morgan fingerprint density at radius 1 is 1.36 bits per heavy atom. The summed E-state index contributed by atoms with van der Waals surface area (Å²) in [6.07, 6.45) is -4.33. The number of nitrogens with two attached hydrogens (primary N) is 1. The van der Waals surface area contributed by atoms with Crippen LogP contribution in [0.3, 0.4) is 0 Å². The van der Waals surface area contributed by atoms with E-state index in [1.807, 2.05) is 0 Å². The molecule has 0 aliphatic carbocycles. The van der Waals surface area contributed by atoms with Gasteiger partial charge in [-0.15, -0.1) is 0 Å². The van der Waals surface area contributed by atoms with Crippen LogP contribution in [0.15, 0.2) is 0 Å². The normalized spacial score (nSPS) is 52.6. The van der Waals surface area contributed by atoms with Crippen LogP contribution in [0.5, 0.6) is 0 Å². The van der Waals surface area contributed by atoms with E-state index in [0.717, 1.165) is 0 Å². The molecule has 0 unspecified atom stereocenters. The molecule has 0 bridgehead atoms. The lowest BCUT2D eigenvalue weighted by molar-refractivity contribution is -0.257. The number of rotatable bonds is 0. The minimum Gasteiger partial charge on any atom is -0.388 e. The molecule has 5 atom stereocenters. The van der Waals surface area contributed by atoms with E-state index in [1.54, 1.807) is 0 Å². The smallest absolute Gasteiger partial charge is 0.209 e. The van der Waals surface area contributed by atoms with Gasteiger partial charge in [0.05, 0.1) is 12.1 Å². The Hall–Kier alpha value is -0.200. The minimum atomic E-state index is -1.44. The average Bonchev–Trinajstić information content (AvgIpc) is 1.97. The summed E-state index contributed by atoms with van der Waals surface area (Å²) in [5, 5.41) is 29.1. The Morgan fingerprint density at radius 2 is 1.91 bits per heavy atom. The fraction of sp³-hybridized carbons (Fsp3) is 1.00. The molecule has 1 aliphatic rings. The third kappa shape index (κ3) is 1.52. The van der Waals surface area contributed by atoms with Crippen molar-refractivity contribution in [2.24, 2.45) is 5.73 Å². The second-order valence-electron chi connectivity index (χ2n) is 2.77. The van der Waals surface area contributed by atoms with Crippen LogP contribution in [0, 0.1) is 0 Å². The van der Waals surface area contributed by atoms with Gasteiger partial charge in [-0.3, -0.25) is 0 Å². The Balaban J connectivity index is 2.63. The van der Waals surface area contributed by atoms with Crippen LogP contribution in [0.1, 0.15) is 6.92 Å². The van der Waals surface area contributed by atoms with Crippen LogP contribution in [-0.2, 0) is 9.84 Å². The molecule has 0 saturated carbocycles. The summed E-state index contributed by atoms with van der Waals surface area (Å²) in [5.74, 6) is 0. The Bertz CT molecular complexity index is 129. The van der Waals surface area contributed by atoms with Gasteiger partial charge in [0.1, 0.15) is 12.2 Å². The zero-order valence-corrected chi connectivity index (χ0v) is 6.18. The molecule has 0 aromatic rings. The van der Waals surface area contributed by atoms with Crippen LogP contribution in [-0.4, -0.2) is 40.9 Å². The molecule has 1 heterocycles. The van der Waals surface area contributed by atoms with Gasteiger partial charge in [0.2, 0.25) is 6.29 Å². The van der Waals surface area contributed by atoms with Crippen molar-refractivity contribution in [1.82, 2.24) is 0 Å². The standard InChI is InChI=1S/C6H12NO4/c1-2-4(8)5(9)3(7)6(10)11-2/h2-6,8-9H,7H2,1H3/t2-,3-,4-,5-,6-/m1/s1. The van der Waals surface area contributed by atoms with Crippen molar-refractivity contribution >= 4 is 0 Å². The van der Waals surface area contributed by atoms with Gasteiger partial charge in [-0.05, 0) is 6.92 Å². The third-order valence-electron chi connectivity index (χ3n) is 1.89. The van der Waals surface area contributed by atoms with Gasteiger partial charge in [0.25, 0.3) is 0 Å². The first-order valence-electron chi connectivity index (χ1n) is 3.47. The molecule has 11 heavy (non-hydrogen) atoms. The van der Waals surface area contributed by atoms with Crippen LogP contribution in [0.4, 0.5) is 0 Å². The van der Waals surface area contributed by atoms with Crippen molar-refractivity contribution in [3.8, 4) is 0 Å². The molecular weight excluding hydrogens is 150 g/mol. The highest BCUT2D eigenvalue weighted by Crippen LogP contribution is 2.17. The van der Waals surface area contributed by atoms with Crippen molar-refractivity contribution in [2.75, 3.05) is 0 Å². The Labute approximate surface area is 64.4 Å². The highest BCUT2D eigenvalue weighted by Gasteiger charge is 2.40. The predicted octanol–water partition coefficient (Wildman–Crippen LogP) is -1.79. The fourth-order valence-electron chi connectivity index (χ4n) is 1.05. The second-order valence-corrected chi connectivity index (χ2v) is 2.77. The van der Waals surface area contributed by atoms with E-state index in [-0.39, 0.29) is 0 Å². The SMILES string of the molecule is C[C@H]1O[C@@H]([O])[C@H](N)[C@@H](O)[C@@H]1O. The van der Waals surface area contributed by atoms with Gasteiger partial charge in [-0.25, -0.2) is 0 Å². The minimum absolute atomic E-state index is 0.646. The van der Waals surface area contributed by atoms with E-state index in [1.165, 1.54) is 6.92 Å². The first-order valence-corrected chi connectivity index (χ1v) is 3.47. The summed E-state index contributed by atoms with van der Waals surface area (Å²) in [7, 11) is 0. The number of aliphatic hydroxyl groups excluding tert-OH is 2. The highest BCUT2D eigenvalue weighted by atomic mass is 16.6. The first-order chi connectivity index (χ1) is 5.04. The van der Waals surface area contributed by atoms with Crippen molar-refractivity contribution in [3.05, 3.63) is 0 Å². The van der Waals surface area contributed by atoms with Crippen molar-refractivity contribution < 1.29 is 20.1 Å². The van der Waals surface area contributed by atoms with Gasteiger partial charge in [-0.2, -0.15) is 5.11 Å². The summed E-state index contributed by atoms with van der Waals surface area (Å²) >= 11 is 0. The van der Waals surface area contributed by atoms with Crippen LogP contribution in [0.25, 0.3) is 0 Å². The van der Waals surface area contributed by atoms with Gasteiger partial charge in [-0.1, -0.05) is 0 Å². The number of hydrogen-bond donors (Lipinski definition) is 3. The number of aliphatic hydroxyl groups is 2. The lowest BCUT2D eigenvalue weighted by Crippen LogP contribution is -2.59. The van der Waals surface area contributed by atoms with E-state index in [4.69, 9.17) is 20.7 Å². The molecular formula is C6H12NO4. The summed E-state index contributed by atoms with van der Waals surface area (Å²) in [4.78, 5) is 0. The highest BCUT2D eigenvalue weighted by molar-refractivity contribution is 4.88. The van der Waals surface area contributed by atoms with Crippen LogP contribution < -0.4 is 5.73 Å². The molecule has 0 spiro atoms. The zero-order chi connectivity index (χ0) is 8.59. The van der Waals surface area contributed by atoms with Crippen molar-refractivity contribution in [3.63, 3.8) is 0 Å². The van der Waals surface area contributed by atoms with Gasteiger partial charge < -0.3 is 20.7 Å². The molecule has 4 N–H and O–H groups in total. The van der Waals surface area contributed by atoms with Crippen molar-refractivity contribution in [2.45, 2.75) is 37.6 Å². The van der Waals surface area contributed by atoms with Gasteiger partial charge in [0.15, 0.2) is 0 Å². The lowest BCUT2D eigenvalue weighted by atomic mass is 9.99. The summed E-state index contributed by atoms with van der Waals surface area (Å²) in [6, 6.07) is -1.04. The van der Waals surface area contributed by atoms with E-state index in [0.29, 0.717) is 0 Å².